The minimum absolute atomic E-state index is 0.0493. The fourth-order valence-corrected chi connectivity index (χ4v) is 13.9. The lowest BCUT2D eigenvalue weighted by Crippen LogP contribution is -2.36. The number of aryl methyl sites for hydroxylation is 4. The average Bonchev–Trinajstić information content (AvgIpc) is 1.62. The summed E-state index contributed by atoms with van der Waals surface area (Å²) >= 11 is 0. The number of para-hydroxylation sites is 1. The van der Waals surface area contributed by atoms with Crippen molar-refractivity contribution in [2.45, 2.75) is 127 Å². The van der Waals surface area contributed by atoms with Crippen molar-refractivity contribution in [3.05, 3.63) is 175 Å². The second-order valence-electron chi connectivity index (χ2n) is 25.4. The van der Waals surface area contributed by atoms with E-state index in [9.17, 15) is 85.5 Å². The smallest absolute Gasteiger partial charge is 0.451 e. The summed E-state index contributed by atoms with van der Waals surface area (Å²) in [5.41, 5.74) is 4.58. The van der Waals surface area contributed by atoms with Crippen molar-refractivity contribution in [1.82, 2.24) is 48.9 Å². The first-order chi connectivity index (χ1) is 51.0. The number of aromatic hydroxyl groups is 1. The molecule has 0 radical (unpaired) electrons. The molecule has 0 atom stereocenters. The van der Waals surface area contributed by atoms with E-state index in [4.69, 9.17) is 19.0 Å². The van der Waals surface area contributed by atoms with Gasteiger partial charge in [0.1, 0.15) is 23.5 Å². The Balaban J connectivity index is 0.000000183. The molecule has 5 aromatic carbocycles. The quantitative estimate of drug-likeness (QED) is 0.0303. The molecular formula is C70H76F6N12O18S3. The first-order valence-corrected chi connectivity index (χ1v) is 37.9. The number of methoxy groups -OCH3 is 2. The maximum Gasteiger partial charge on any atom is 0.451 e. The van der Waals surface area contributed by atoms with Crippen LogP contribution in [0.4, 0.5) is 37.1 Å². The summed E-state index contributed by atoms with van der Waals surface area (Å²) in [6.45, 7) is 15.6. The van der Waals surface area contributed by atoms with E-state index >= 15 is 0 Å². The highest BCUT2D eigenvalue weighted by molar-refractivity contribution is 7.91. The molecule has 5 N–H and O–H groups in total. The number of amides is 4. The maximum absolute atomic E-state index is 13.5. The molecule has 0 saturated heterocycles. The van der Waals surface area contributed by atoms with Gasteiger partial charge in [0.25, 0.3) is 37.4 Å². The van der Waals surface area contributed by atoms with Gasteiger partial charge < -0.3 is 34.2 Å². The zero-order chi connectivity index (χ0) is 80.5. The number of benzene rings is 5. The summed E-state index contributed by atoms with van der Waals surface area (Å²) in [7, 11) is -8.82. The average molecular weight is 1580 g/mol. The predicted octanol–water partition coefficient (Wildman–Crippen LogP) is 9.06. The molecule has 5 heterocycles. The van der Waals surface area contributed by atoms with E-state index in [1.54, 1.807) is 39.8 Å². The van der Waals surface area contributed by atoms with Crippen LogP contribution in [0.1, 0.15) is 130 Å². The van der Waals surface area contributed by atoms with Gasteiger partial charge in [0.15, 0.2) is 15.6 Å². The topological polar surface area (TPSA) is 398 Å². The van der Waals surface area contributed by atoms with E-state index < -0.39 is 93.6 Å². The van der Waals surface area contributed by atoms with Crippen molar-refractivity contribution >= 4 is 71.1 Å². The summed E-state index contributed by atoms with van der Waals surface area (Å²) < 4.78 is 179. The molecule has 11 rings (SSSR count). The van der Waals surface area contributed by atoms with Gasteiger partial charge in [-0.25, -0.2) is 53.5 Å². The van der Waals surface area contributed by atoms with Crippen LogP contribution in [0.15, 0.2) is 128 Å². The summed E-state index contributed by atoms with van der Waals surface area (Å²) in [6.07, 6.45) is -3.74. The molecule has 1 saturated carbocycles. The van der Waals surface area contributed by atoms with E-state index in [-0.39, 0.29) is 61.6 Å². The van der Waals surface area contributed by atoms with Gasteiger partial charge in [-0.2, -0.15) is 46.4 Å². The number of ketones is 1. The number of nitrogens with one attached hydrogen (secondary N) is 4. The predicted molar refractivity (Wildman–Crippen MR) is 380 cm³/mol. The van der Waals surface area contributed by atoms with Crippen molar-refractivity contribution in [3.8, 4) is 34.6 Å². The van der Waals surface area contributed by atoms with Gasteiger partial charge in [-0.15, -0.1) is 0 Å². The van der Waals surface area contributed by atoms with Crippen molar-refractivity contribution in [2.75, 3.05) is 45.6 Å². The van der Waals surface area contributed by atoms with Crippen LogP contribution in [0.2, 0.25) is 0 Å². The second kappa shape index (κ2) is 34.0. The molecule has 0 bridgehead atoms. The number of ether oxygens (including phenoxy) is 4. The fraction of sp³-hybridized carbons (Fsp3) is 0.357. The Kier molecular flexibility index (Phi) is 26.1. The summed E-state index contributed by atoms with van der Waals surface area (Å²) in [6, 6.07) is 19.4. The molecule has 30 nitrogen and oxygen atoms in total. The van der Waals surface area contributed by atoms with E-state index in [1.807, 2.05) is 25.5 Å². The Labute approximate surface area is 621 Å². The number of sulfonamides is 2. The van der Waals surface area contributed by atoms with E-state index in [2.05, 4.69) is 68.2 Å². The van der Waals surface area contributed by atoms with Crippen LogP contribution in [-0.2, 0) is 89.6 Å². The Morgan fingerprint density at radius 1 is 0.688 bits per heavy atom. The van der Waals surface area contributed by atoms with Crippen LogP contribution >= 0.6 is 0 Å². The Morgan fingerprint density at radius 2 is 1.31 bits per heavy atom. The lowest BCUT2D eigenvalue weighted by atomic mass is 9.91. The molecule has 4 amide bonds. The number of urea groups is 1. The standard InChI is InChI=1S/C23H32N2O4.C18H18N2O5S.C16H17N3O5S.C13H9F6N5O4S/c1-7-16-13-15(3)14-17(8-2)18(16)19-20(26)24-9-11-28-12-10-25(24)21(19)29-22(27)23(4,5)6;1-25-16-5-3-2-4-15(16)18(22)20-26(23,24)14-10-6-12(7-11-14)17(21)19-13-8-9-13;1-9-10(15(20)11-8-17-19(2)16(11)21)4-5-13(25(3,22)23)14(9)12-6-7-24-18-12;1-28-11-21-8(13(17,18)19)20-9(23-11)22-10(25)24-29(26,27)7-5-3-2-4-6(7)12(14,15)16/h13-14H,7-12H2,1-6H3;2-7,10-11,13H,8-9H2,1H3,(H,19,21)(H,20,22);4-5,8,21H,6-7H2,1-3H3;2-5H,1H3,(H2,20,21,22,23,24,25). The molecule has 109 heavy (non-hydrogen) atoms. The van der Waals surface area contributed by atoms with Crippen LogP contribution in [-0.4, -0.2) is 146 Å². The lowest BCUT2D eigenvalue weighted by molar-refractivity contribution is -0.145. The van der Waals surface area contributed by atoms with Crippen LogP contribution in [0.3, 0.4) is 0 Å². The van der Waals surface area contributed by atoms with Gasteiger partial charge in [0.05, 0.1) is 83.7 Å². The normalized spacial score (nSPS) is 13.7. The van der Waals surface area contributed by atoms with Crippen LogP contribution < -0.4 is 39.8 Å². The number of carbonyl (C=O) groups excluding carboxylic acids is 5. The minimum atomic E-state index is -5.05. The second-order valence-corrected chi connectivity index (χ2v) is 30.7. The molecule has 3 aliphatic rings. The zero-order valence-corrected chi connectivity index (χ0v) is 62.9. The molecular weight excluding hydrogens is 1510 g/mol. The van der Waals surface area contributed by atoms with E-state index in [0.29, 0.717) is 85.3 Å². The van der Waals surface area contributed by atoms with Gasteiger partial charge in [0, 0.05) is 42.5 Å². The van der Waals surface area contributed by atoms with Gasteiger partial charge in [-0.05, 0) is 143 Å². The Morgan fingerprint density at radius 3 is 1.86 bits per heavy atom. The number of carbonyl (C=O) groups is 5. The first-order valence-electron chi connectivity index (χ1n) is 33.1. The van der Waals surface area contributed by atoms with Crippen LogP contribution in [0.5, 0.6) is 23.5 Å². The van der Waals surface area contributed by atoms with Crippen LogP contribution in [0.25, 0.3) is 11.1 Å². The number of nitrogens with zero attached hydrogens (tertiary/aromatic N) is 8. The van der Waals surface area contributed by atoms with E-state index in [0.717, 1.165) is 67.9 Å². The number of fused-ring (bicyclic) bond motifs is 1. The highest BCUT2D eigenvalue weighted by Gasteiger charge is 2.40. The number of hydrogen-bond acceptors (Lipinski definition) is 23. The lowest BCUT2D eigenvalue weighted by Gasteiger charge is -2.19. The summed E-state index contributed by atoms with van der Waals surface area (Å²) in [5.74, 6) is -4.28. The highest BCUT2D eigenvalue weighted by atomic mass is 32.2. The van der Waals surface area contributed by atoms with E-state index in [1.165, 1.54) is 77.8 Å². The largest absolute Gasteiger partial charge is 0.496 e. The van der Waals surface area contributed by atoms with Gasteiger partial charge >= 0.3 is 30.4 Å². The van der Waals surface area contributed by atoms with Crippen LogP contribution in [0, 0.1) is 19.3 Å². The third-order valence-electron chi connectivity index (χ3n) is 16.4. The summed E-state index contributed by atoms with van der Waals surface area (Å²) in [4.78, 5) is 87.9. The maximum atomic E-state index is 13.5. The molecule has 0 unspecified atom stereocenters. The number of rotatable bonds is 18. The van der Waals surface area contributed by atoms with Crippen molar-refractivity contribution < 1.29 is 104 Å². The van der Waals surface area contributed by atoms with Crippen molar-refractivity contribution in [2.24, 2.45) is 17.6 Å². The molecule has 39 heteroatoms. The van der Waals surface area contributed by atoms with Gasteiger partial charge in [-0.1, -0.05) is 61.0 Å². The molecule has 1 fully saturated rings. The number of sulfone groups is 1. The number of halogens is 6. The number of aromatic nitrogens is 7. The number of esters is 1. The number of alkyl halides is 6. The molecule has 584 valence electrons. The zero-order valence-electron chi connectivity index (χ0n) is 60.4. The summed E-state index contributed by atoms with van der Waals surface area (Å²) in [5, 5.41) is 22.1. The Bertz CT molecular complexity index is 5220. The molecule has 3 aromatic heterocycles. The van der Waals surface area contributed by atoms with Gasteiger partial charge in [-0.3, -0.25) is 29.3 Å². The first kappa shape index (κ1) is 83.6. The fourth-order valence-electron chi connectivity index (χ4n) is 10.8. The third-order valence-corrected chi connectivity index (χ3v) is 20.2. The molecule has 0 spiro atoms. The number of anilines is 1. The highest BCUT2D eigenvalue weighted by Crippen LogP contribution is 2.38. The third kappa shape index (κ3) is 20.4. The molecule has 1 aliphatic carbocycles. The number of hydrogen-bond donors (Lipinski definition) is 5. The monoisotopic (exact) mass is 1580 g/mol. The minimum Gasteiger partial charge on any atom is -0.496 e. The Hall–Kier alpha value is -11.1. The van der Waals surface area contributed by atoms with Crippen molar-refractivity contribution in [3.63, 3.8) is 0 Å². The van der Waals surface area contributed by atoms with Gasteiger partial charge in [0.2, 0.25) is 23.5 Å². The molecule has 2 aliphatic heterocycles. The van der Waals surface area contributed by atoms with Crippen molar-refractivity contribution in [1.29, 1.82) is 0 Å². The number of oxime groups is 1. The SMILES string of the molecule is CCc1cc(C)cc(CC)c1-c1c(OC(=O)C(C)(C)C)n2n(c1=O)CCOCC2.COc1ccccc1C(=O)NS(=O)(=O)c1ccc(C(=O)NC2CC2)cc1.COc1nc(NC(=O)NS(=O)(=O)c2ccccc2C(F)(F)F)nc(C(F)(F)F)n1.Cc1c(C(=O)c2cnn(C)c2O)ccc(S(C)(=O)=O)c1C1=NOCC1. The molecule has 8 aromatic rings.